The fraction of sp³-hybridized carbons (Fsp3) is 0.200. The van der Waals surface area contributed by atoms with E-state index in [-0.39, 0.29) is 5.91 Å². The highest BCUT2D eigenvalue weighted by atomic mass is 32.1. The molecule has 3 nitrogen and oxygen atoms in total. The number of thiophene rings is 1. The Bertz CT molecular complexity index is 852. The lowest BCUT2D eigenvalue weighted by Crippen LogP contribution is -2.48. The first-order valence-electron chi connectivity index (χ1n) is 8.08. The summed E-state index contributed by atoms with van der Waals surface area (Å²) in [6, 6.07) is 18.2. The van der Waals surface area contributed by atoms with Crippen LogP contribution in [-0.4, -0.2) is 28.9 Å². The number of carbonyl (C=O) groups is 1. The van der Waals surface area contributed by atoms with Crippen LogP contribution in [0.1, 0.15) is 26.8 Å². The molecule has 0 N–H and O–H groups in total. The van der Waals surface area contributed by atoms with Crippen LogP contribution >= 0.6 is 11.3 Å². The van der Waals surface area contributed by atoms with Gasteiger partial charge in [-0.15, -0.1) is 11.3 Å². The first kappa shape index (κ1) is 15.1. The third-order valence-electron chi connectivity index (χ3n) is 4.44. The Balaban J connectivity index is 1.49. The molecule has 3 heterocycles. The third kappa shape index (κ3) is 2.74. The van der Waals surface area contributed by atoms with Crippen molar-refractivity contribution in [2.45, 2.75) is 12.8 Å². The van der Waals surface area contributed by atoms with Crippen molar-refractivity contribution in [2.75, 3.05) is 13.1 Å². The van der Waals surface area contributed by atoms with Crippen LogP contribution in [0.4, 0.5) is 0 Å². The lowest BCUT2D eigenvalue weighted by Gasteiger charge is -2.38. The SMILES string of the molecule is Cc1cc(C(=O)N2CC(c3ccccn3)C2)sc1-c1ccccc1. The Kier molecular flexibility index (Phi) is 3.90. The van der Waals surface area contributed by atoms with Gasteiger partial charge >= 0.3 is 0 Å². The Labute approximate surface area is 145 Å². The standard InChI is InChI=1S/C20H18N2OS/c1-14-11-18(24-19(14)15-7-3-2-4-8-15)20(23)22-12-16(13-22)17-9-5-6-10-21-17/h2-11,16H,12-13H2,1H3. The van der Waals surface area contributed by atoms with Gasteiger partial charge in [0, 0.05) is 35.8 Å². The molecule has 0 unspecified atom stereocenters. The lowest BCUT2D eigenvalue weighted by molar-refractivity contribution is 0.0604. The molecule has 4 rings (SSSR count). The Morgan fingerprint density at radius 1 is 1.12 bits per heavy atom. The quantitative estimate of drug-likeness (QED) is 0.713. The molecule has 1 saturated heterocycles. The summed E-state index contributed by atoms with van der Waals surface area (Å²) in [5.41, 5.74) is 3.42. The summed E-state index contributed by atoms with van der Waals surface area (Å²) in [5.74, 6) is 0.502. The molecule has 0 radical (unpaired) electrons. The average molecular weight is 334 g/mol. The molecule has 1 aromatic carbocycles. The van der Waals surface area contributed by atoms with Crippen LogP contribution in [-0.2, 0) is 0 Å². The maximum Gasteiger partial charge on any atom is 0.263 e. The molecule has 0 bridgehead atoms. The van der Waals surface area contributed by atoms with E-state index < -0.39 is 0 Å². The molecule has 120 valence electrons. The van der Waals surface area contributed by atoms with Crippen molar-refractivity contribution in [3.8, 4) is 10.4 Å². The van der Waals surface area contributed by atoms with E-state index in [1.165, 1.54) is 10.4 Å². The second kappa shape index (κ2) is 6.21. The summed E-state index contributed by atoms with van der Waals surface area (Å²) in [6.07, 6.45) is 1.81. The normalized spacial score (nSPS) is 14.5. The van der Waals surface area contributed by atoms with Crippen LogP contribution in [0.3, 0.4) is 0 Å². The Morgan fingerprint density at radius 2 is 1.88 bits per heavy atom. The summed E-state index contributed by atoms with van der Waals surface area (Å²) >= 11 is 1.59. The number of benzene rings is 1. The van der Waals surface area contributed by atoms with Crippen molar-refractivity contribution < 1.29 is 4.79 Å². The van der Waals surface area contributed by atoms with E-state index in [2.05, 4.69) is 24.0 Å². The molecular weight excluding hydrogens is 316 g/mol. The van der Waals surface area contributed by atoms with Gasteiger partial charge in [-0.05, 0) is 36.2 Å². The van der Waals surface area contributed by atoms with Gasteiger partial charge < -0.3 is 4.90 Å². The number of carbonyl (C=O) groups excluding carboxylic acids is 1. The molecule has 0 spiro atoms. The molecule has 1 fully saturated rings. The fourth-order valence-corrected chi connectivity index (χ4v) is 4.21. The van der Waals surface area contributed by atoms with Gasteiger partial charge in [-0.1, -0.05) is 36.4 Å². The summed E-state index contributed by atoms with van der Waals surface area (Å²) < 4.78 is 0. The minimum atomic E-state index is 0.137. The van der Waals surface area contributed by atoms with Gasteiger partial charge in [0.2, 0.25) is 0 Å². The molecule has 0 saturated carbocycles. The molecule has 1 aliphatic rings. The molecule has 2 aromatic heterocycles. The van der Waals surface area contributed by atoms with Crippen LogP contribution in [0.15, 0.2) is 60.8 Å². The fourth-order valence-electron chi connectivity index (χ4n) is 3.07. The Morgan fingerprint density at radius 3 is 2.58 bits per heavy atom. The minimum Gasteiger partial charge on any atom is -0.336 e. The maximum atomic E-state index is 12.7. The molecule has 1 aliphatic heterocycles. The van der Waals surface area contributed by atoms with Crippen LogP contribution in [0, 0.1) is 6.92 Å². The van der Waals surface area contributed by atoms with E-state index in [0.717, 1.165) is 29.2 Å². The van der Waals surface area contributed by atoms with Gasteiger partial charge in [0.1, 0.15) is 0 Å². The Hall–Kier alpha value is -2.46. The molecule has 0 aliphatic carbocycles. The lowest BCUT2D eigenvalue weighted by atomic mass is 9.95. The van der Waals surface area contributed by atoms with Gasteiger partial charge in [0.05, 0.1) is 4.88 Å². The summed E-state index contributed by atoms with van der Waals surface area (Å²) in [4.78, 5) is 21.0. The van der Waals surface area contributed by atoms with E-state index in [0.29, 0.717) is 5.92 Å². The number of hydrogen-bond donors (Lipinski definition) is 0. The number of nitrogens with zero attached hydrogens (tertiary/aromatic N) is 2. The molecule has 3 aromatic rings. The van der Waals surface area contributed by atoms with E-state index in [9.17, 15) is 4.79 Å². The molecule has 4 heteroatoms. The first-order valence-corrected chi connectivity index (χ1v) is 8.90. The molecular formula is C20H18N2OS. The van der Waals surface area contributed by atoms with Crippen molar-refractivity contribution in [3.63, 3.8) is 0 Å². The van der Waals surface area contributed by atoms with Crippen molar-refractivity contribution in [2.24, 2.45) is 0 Å². The number of amides is 1. The highest BCUT2D eigenvalue weighted by molar-refractivity contribution is 7.17. The van der Waals surface area contributed by atoms with E-state index in [1.807, 2.05) is 53.6 Å². The molecule has 0 atom stereocenters. The highest BCUT2D eigenvalue weighted by Gasteiger charge is 2.33. The van der Waals surface area contributed by atoms with E-state index >= 15 is 0 Å². The highest BCUT2D eigenvalue weighted by Crippen LogP contribution is 2.34. The average Bonchev–Trinajstić information content (AvgIpc) is 2.97. The molecule has 24 heavy (non-hydrogen) atoms. The van der Waals surface area contributed by atoms with Crippen molar-refractivity contribution >= 4 is 17.2 Å². The number of aryl methyl sites for hydroxylation is 1. The third-order valence-corrected chi connectivity index (χ3v) is 5.71. The minimum absolute atomic E-state index is 0.137. The van der Waals surface area contributed by atoms with Crippen LogP contribution < -0.4 is 0 Å². The number of hydrogen-bond acceptors (Lipinski definition) is 3. The molecule has 1 amide bonds. The van der Waals surface area contributed by atoms with Gasteiger partial charge in [0.25, 0.3) is 5.91 Å². The van der Waals surface area contributed by atoms with Crippen molar-refractivity contribution in [1.29, 1.82) is 0 Å². The smallest absolute Gasteiger partial charge is 0.263 e. The van der Waals surface area contributed by atoms with Crippen molar-refractivity contribution in [3.05, 3.63) is 76.9 Å². The summed E-state index contributed by atoms with van der Waals surface area (Å²) in [5, 5.41) is 0. The first-order chi connectivity index (χ1) is 11.7. The second-order valence-corrected chi connectivity index (χ2v) is 7.20. The van der Waals surface area contributed by atoms with Crippen LogP contribution in [0.25, 0.3) is 10.4 Å². The maximum absolute atomic E-state index is 12.7. The monoisotopic (exact) mass is 334 g/mol. The number of aromatic nitrogens is 1. The van der Waals surface area contributed by atoms with Gasteiger partial charge in [-0.3, -0.25) is 9.78 Å². The number of rotatable bonds is 3. The number of likely N-dealkylation sites (tertiary alicyclic amines) is 1. The predicted molar refractivity (Wildman–Crippen MR) is 97.4 cm³/mol. The van der Waals surface area contributed by atoms with E-state index in [4.69, 9.17) is 0 Å². The summed E-state index contributed by atoms with van der Waals surface area (Å²) in [6.45, 7) is 3.59. The number of pyridine rings is 1. The van der Waals surface area contributed by atoms with Crippen LogP contribution in [0.2, 0.25) is 0 Å². The van der Waals surface area contributed by atoms with Gasteiger partial charge in [-0.2, -0.15) is 0 Å². The summed E-state index contributed by atoms with van der Waals surface area (Å²) in [7, 11) is 0. The largest absolute Gasteiger partial charge is 0.336 e. The van der Waals surface area contributed by atoms with Gasteiger partial charge in [0.15, 0.2) is 0 Å². The van der Waals surface area contributed by atoms with Crippen molar-refractivity contribution in [1.82, 2.24) is 9.88 Å². The predicted octanol–water partition coefficient (Wildman–Crippen LogP) is 4.36. The van der Waals surface area contributed by atoms with Crippen LogP contribution in [0.5, 0.6) is 0 Å². The van der Waals surface area contributed by atoms with Gasteiger partial charge in [-0.25, -0.2) is 0 Å². The topological polar surface area (TPSA) is 33.2 Å². The zero-order valence-corrected chi connectivity index (χ0v) is 14.3. The second-order valence-electron chi connectivity index (χ2n) is 6.15. The zero-order chi connectivity index (χ0) is 16.5. The zero-order valence-electron chi connectivity index (χ0n) is 13.5. The van der Waals surface area contributed by atoms with E-state index in [1.54, 1.807) is 11.3 Å².